The standard InChI is InChI=1S/C15H17N3O3S/c1-10-3-4-12(22-10)9-18-13(5-6-16-18)17-8-11(7-14(17)19)15(20)21-2/h3-6,11H,7-9H2,1-2H3. The lowest BCUT2D eigenvalue weighted by Crippen LogP contribution is -2.28. The number of carbonyl (C=O) groups is 2. The first-order valence-electron chi connectivity index (χ1n) is 7.04. The number of hydrogen-bond donors (Lipinski definition) is 0. The normalized spacial score (nSPS) is 18.0. The van der Waals surface area contributed by atoms with Crippen molar-refractivity contribution in [3.05, 3.63) is 34.2 Å². The van der Waals surface area contributed by atoms with Gasteiger partial charge in [0.05, 0.1) is 25.8 Å². The molecule has 0 N–H and O–H groups in total. The molecule has 0 spiro atoms. The molecule has 22 heavy (non-hydrogen) atoms. The van der Waals surface area contributed by atoms with E-state index in [2.05, 4.69) is 24.2 Å². The zero-order valence-corrected chi connectivity index (χ0v) is 13.3. The van der Waals surface area contributed by atoms with Crippen molar-refractivity contribution in [2.75, 3.05) is 18.6 Å². The van der Waals surface area contributed by atoms with Gasteiger partial charge in [0.2, 0.25) is 5.91 Å². The molecule has 1 saturated heterocycles. The lowest BCUT2D eigenvalue weighted by molar-refractivity contribution is -0.145. The Hall–Kier alpha value is -2.15. The molecule has 116 valence electrons. The highest BCUT2D eigenvalue weighted by Crippen LogP contribution is 2.27. The molecule has 1 atom stereocenters. The Morgan fingerprint density at radius 1 is 1.45 bits per heavy atom. The number of aryl methyl sites for hydroxylation is 1. The fourth-order valence-electron chi connectivity index (χ4n) is 2.65. The van der Waals surface area contributed by atoms with E-state index in [1.54, 1.807) is 33.2 Å². The summed E-state index contributed by atoms with van der Waals surface area (Å²) in [4.78, 5) is 27.9. The van der Waals surface area contributed by atoms with E-state index in [0.29, 0.717) is 13.1 Å². The minimum absolute atomic E-state index is 0.0699. The zero-order valence-electron chi connectivity index (χ0n) is 12.5. The fourth-order valence-corrected chi connectivity index (χ4v) is 3.52. The molecular formula is C15H17N3O3S. The Morgan fingerprint density at radius 3 is 2.95 bits per heavy atom. The number of esters is 1. The van der Waals surface area contributed by atoms with Crippen LogP contribution in [0.2, 0.25) is 0 Å². The van der Waals surface area contributed by atoms with Crippen LogP contribution in [-0.2, 0) is 20.9 Å². The first-order valence-corrected chi connectivity index (χ1v) is 7.85. The zero-order chi connectivity index (χ0) is 15.7. The molecule has 0 aromatic carbocycles. The second-order valence-corrected chi connectivity index (χ2v) is 6.66. The van der Waals surface area contributed by atoms with Crippen LogP contribution in [0, 0.1) is 12.8 Å². The fraction of sp³-hybridized carbons (Fsp3) is 0.400. The SMILES string of the molecule is COC(=O)C1CC(=O)N(c2ccnn2Cc2ccc(C)s2)C1. The number of amides is 1. The van der Waals surface area contributed by atoms with Gasteiger partial charge in [-0.1, -0.05) is 0 Å². The van der Waals surface area contributed by atoms with E-state index in [9.17, 15) is 9.59 Å². The minimum Gasteiger partial charge on any atom is -0.469 e. The van der Waals surface area contributed by atoms with Gasteiger partial charge in [-0.15, -0.1) is 11.3 Å². The van der Waals surface area contributed by atoms with Crippen LogP contribution < -0.4 is 4.90 Å². The van der Waals surface area contributed by atoms with Gasteiger partial charge >= 0.3 is 5.97 Å². The summed E-state index contributed by atoms with van der Waals surface area (Å²) in [6.45, 7) is 3.03. The van der Waals surface area contributed by atoms with E-state index < -0.39 is 5.92 Å². The van der Waals surface area contributed by atoms with E-state index in [4.69, 9.17) is 4.74 Å². The second-order valence-electron chi connectivity index (χ2n) is 5.29. The molecule has 7 heteroatoms. The molecule has 0 bridgehead atoms. The van der Waals surface area contributed by atoms with Crippen LogP contribution in [0.1, 0.15) is 16.2 Å². The highest BCUT2D eigenvalue weighted by molar-refractivity contribution is 7.11. The molecule has 1 aliphatic heterocycles. The molecular weight excluding hydrogens is 302 g/mol. The van der Waals surface area contributed by atoms with Crippen molar-refractivity contribution in [2.24, 2.45) is 5.92 Å². The van der Waals surface area contributed by atoms with Crippen LogP contribution in [-0.4, -0.2) is 35.3 Å². The van der Waals surface area contributed by atoms with Crippen molar-refractivity contribution in [2.45, 2.75) is 19.9 Å². The Balaban J connectivity index is 1.80. The summed E-state index contributed by atoms with van der Waals surface area (Å²) in [5, 5.41) is 4.30. The Labute approximate surface area is 132 Å². The molecule has 0 radical (unpaired) electrons. The topological polar surface area (TPSA) is 64.4 Å². The molecule has 1 amide bonds. The van der Waals surface area contributed by atoms with Crippen molar-refractivity contribution in [1.29, 1.82) is 0 Å². The van der Waals surface area contributed by atoms with Gasteiger partial charge in [0.15, 0.2) is 0 Å². The number of methoxy groups -OCH3 is 1. The van der Waals surface area contributed by atoms with Gasteiger partial charge in [-0.05, 0) is 19.1 Å². The highest BCUT2D eigenvalue weighted by Gasteiger charge is 2.37. The summed E-state index contributed by atoms with van der Waals surface area (Å²) in [5.41, 5.74) is 0. The maximum atomic E-state index is 12.2. The first-order chi connectivity index (χ1) is 10.6. The lowest BCUT2D eigenvalue weighted by Gasteiger charge is -2.17. The molecule has 1 fully saturated rings. The Bertz CT molecular complexity index is 706. The molecule has 3 rings (SSSR count). The number of anilines is 1. The first kappa shape index (κ1) is 14.8. The Kier molecular flexibility index (Phi) is 3.98. The van der Waals surface area contributed by atoms with Crippen LogP contribution in [0.4, 0.5) is 5.82 Å². The largest absolute Gasteiger partial charge is 0.469 e. The quantitative estimate of drug-likeness (QED) is 0.807. The van der Waals surface area contributed by atoms with Crippen molar-refractivity contribution in [1.82, 2.24) is 9.78 Å². The van der Waals surface area contributed by atoms with Crippen LogP contribution >= 0.6 is 11.3 Å². The van der Waals surface area contributed by atoms with Crippen LogP contribution in [0.3, 0.4) is 0 Å². The maximum absolute atomic E-state index is 12.2. The van der Waals surface area contributed by atoms with Crippen LogP contribution in [0.25, 0.3) is 0 Å². The monoisotopic (exact) mass is 319 g/mol. The van der Waals surface area contributed by atoms with E-state index in [1.807, 2.05) is 0 Å². The van der Waals surface area contributed by atoms with Gasteiger partial charge in [0, 0.05) is 28.8 Å². The Morgan fingerprint density at radius 2 is 2.27 bits per heavy atom. The lowest BCUT2D eigenvalue weighted by atomic mass is 10.1. The molecule has 0 aliphatic carbocycles. The van der Waals surface area contributed by atoms with Crippen molar-refractivity contribution < 1.29 is 14.3 Å². The third-order valence-corrected chi connectivity index (χ3v) is 4.72. The van der Waals surface area contributed by atoms with Gasteiger partial charge in [-0.25, -0.2) is 4.68 Å². The number of thiophene rings is 1. The average Bonchev–Trinajstić information content (AvgIpc) is 3.19. The van der Waals surface area contributed by atoms with E-state index in [0.717, 1.165) is 5.82 Å². The van der Waals surface area contributed by atoms with Gasteiger partial charge in [0.1, 0.15) is 5.82 Å². The molecule has 1 unspecified atom stereocenters. The molecule has 0 saturated carbocycles. The summed E-state index contributed by atoms with van der Waals surface area (Å²) >= 11 is 1.71. The smallest absolute Gasteiger partial charge is 0.311 e. The summed E-state index contributed by atoms with van der Waals surface area (Å²) in [6.07, 6.45) is 1.87. The minimum atomic E-state index is -0.398. The average molecular weight is 319 g/mol. The summed E-state index contributed by atoms with van der Waals surface area (Å²) in [5.74, 6) is -0.0809. The number of aromatic nitrogens is 2. The molecule has 2 aromatic rings. The number of ether oxygens (including phenoxy) is 1. The summed E-state index contributed by atoms with van der Waals surface area (Å²) in [6, 6.07) is 5.93. The molecule has 1 aliphatic rings. The highest BCUT2D eigenvalue weighted by atomic mass is 32.1. The van der Waals surface area contributed by atoms with Crippen molar-refractivity contribution >= 4 is 29.0 Å². The molecule has 6 nitrogen and oxygen atoms in total. The van der Waals surface area contributed by atoms with Gasteiger partial charge < -0.3 is 4.74 Å². The van der Waals surface area contributed by atoms with Crippen molar-refractivity contribution in [3.8, 4) is 0 Å². The molecule has 3 heterocycles. The van der Waals surface area contributed by atoms with E-state index in [1.165, 1.54) is 16.9 Å². The summed E-state index contributed by atoms with van der Waals surface area (Å²) < 4.78 is 6.53. The van der Waals surface area contributed by atoms with Gasteiger partial charge in [-0.3, -0.25) is 14.5 Å². The predicted octanol–water partition coefficient (Wildman–Crippen LogP) is 1.83. The van der Waals surface area contributed by atoms with E-state index >= 15 is 0 Å². The number of hydrogen-bond acceptors (Lipinski definition) is 5. The van der Waals surface area contributed by atoms with Crippen LogP contribution in [0.15, 0.2) is 24.4 Å². The van der Waals surface area contributed by atoms with Crippen LogP contribution in [0.5, 0.6) is 0 Å². The summed E-state index contributed by atoms with van der Waals surface area (Å²) in [7, 11) is 1.35. The number of carbonyl (C=O) groups excluding carboxylic acids is 2. The van der Waals surface area contributed by atoms with Gasteiger partial charge in [0.25, 0.3) is 0 Å². The number of rotatable bonds is 4. The maximum Gasteiger partial charge on any atom is 0.311 e. The number of nitrogens with zero attached hydrogens (tertiary/aromatic N) is 3. The van der Waals surface area contributed by atoms with Crippen molar-refractivity contribution in [3.63, 3.8) is 0 Å². The third kappa shape index (κ3) is 2.76. The van der Waals surface area contributed by atoms with Gasteiger partial charge in [-0.2, -0.15) is 5.10 Å². The van der Waals surface area contributed by atoms with E-state index in [-0.39, 0.29) is 18.3 Å². The third-order valence-electron chi connectivity index (χ3n) is 3.73. The molecule has 2 aromatic heterocycles. The predicted molar refractivity (Wildman–Crippen MR) is 82.9 cm³/mol. The second kappa shape index (κ2) is 5.92.